The first-order valence-electron chi connectivity index (χ1n) is 5.68. The van der Waals surface area contributed by atoms with Gasteiger partial charge in [0.25, 0.3) is 0 Å². The number of carboxylic acids is 1. The summed E-state index contributed by atoms with van der Waals surface area (Å²) in [5, 5.41) is 12.1. The summed E-state index contributed by atoms with van der Waals surface area (Å²) in [5.74, 6) is 1.74. The third kappa shape index (κ3) is 5.79. The fraction of sp³-hybridized carbons (Fsp3) is 0.583. The van der Waals surface area contributed by atoms with E-state index >= 15 is 0 Å². The van der Waals surface area contributed by atoms with Gasteiger partial charge >= 0.3 is 5.97 Å². The van der Waals surface area contributed by atoms with Gasteiger partial charge in [-0.2, -0.15) is 11.8 Å². The molecule has 5 heteroatoms. The van der Waals surface area contributed by atoms with Crippen molar-refractivity contribution >= 4 is 17.7 Å². The highest BCUT2D eigenvalue weighted by Crippen LogP contribution is 2.14. The van der Waals surface area contributed by atoms with Crippen LogP contribution in [0.4, 0.5) is 0 Å². The highest BCUT2D eigenvalue weighted by atomic mass is 32.2. The molecule has 0 spiro atoms. The maximum absolute atomic E-state index is 11.0. The number of nitrogens with one attached hydrogen (secondary N) is 1. The molecular formula is C12H19NO3S. The molecule has 0 fully saturated rings. The summed E-state index contributed by atoms with van der Waals surface area (Å²) >= 11 is 1.69. The highest BCUT2D eigenvalue weighted by Gasteiger charge is 2.17. The van der Waals surface area contributed by atoms with E-state index in [-0.39, 0.29) is 6.04 Å². The lowest BCUT2D eigenvalue weighted by Crippen LogP contribution is -2.41. The summed E-state index contributed by atoms with van der Waals surface area (Å²) < 4.78 is 5.20. The second kappa shape index (κ2) is 7.40. The normalized spacial score (nSPS) is 12.9. The second-order valence-electron chi connectivity index (χ2n) is 4.13. The van der Waals surface area contributed by atoms with Crippen LogP contribution in [0.15, 0.2) is 22.8 Å². The van der Waals surface area contributed by atoms with E-state index in [1.54, 1.807) is 18.0 Å². The van der Waals surface area contributed by atoms with Gasteiger partial charge in [0.2, 0.25) is 0 Å². The zero-order chi connectivity index (χ0) is 12.7. The van der Waals surface area contributed by atoms with Gasteiger partial charge in [-0.3, -0.25) is 4.79 Å². The SMILES string of the molecule is CC(C)NC(CCSCc1ccco1)C(=O)O. The van der Waals surface area contributed by atoms with Crippen LogP contribution in [-0.4, -0.2) is 28.9 Å². The molecule has 1 rings (SSSR count). The van der Waals surface area contributed by atoms with Gasteiger partial charge in [0, 0.05) is 6.04 Å². The van der Waals surface area contributed by atoms with Crippen molar-refractivity contribution in [2.24, 2.45) is 0 Å². The summed E-state index contributed by atoms with van der Waals surface area (Å²) in [5.41, 5.74) is 0. The average Bonchev–Trinajstić information content (AvgIpc) is 2.74. The van der Waals surface area contributed by atoms with Crippen molar-refractivity contribution in [3.05, 3.63) is 24.2 Å². The Kier molecular flexibility index (Phi) is 6.15. The minimum atomic E-state index is -0.780. The zero-order valence-electron chi connectivity index (χ0n) is 10.2. The van der Waals surface area contributed by atoms with Crippen LogP contribution in [0.2, 0.25) is 0 Å². The molecule has 0 saturated carbocycles. The number of hydrogen-bond acceptors (Lipinski definition) is 4. The number of aliphatic carboxylic acids is 1. The van der Waals surface area contributed by atoms with Crippen LogP contribution in [-0.2, 0) is 10.5 Å². The van der Waals surface area contributed by atoms with Gasteiger partial charge in [-0.25, -0.2) is 0 Å². The highest BCUT2D eigenvalue weighted by molar-refractivity contribution is 7.98. The maximum Gasteiger partial charge on any atom is 0.320 e. The number of rotatable bonds is 8. The molecule has 0 aliphatic rings. The van der Waals surface area contributed by atoms with Crippen molar-refractivity contribution in [1.82, 2.24) is 5.32 Å². The van der Waals surface area contributed by atoms with Crippen LogP contribution in [0.25, 0.3) is 0 Å². The lowest BCUT2D eigenvalue weighted by molar-refractivity contribution is -0.139. The Labute approximate surface area is 106 Å². The van der Waals surface area contributed by atoms with Crippen LogP contribution in [0.3, 0.4) is 0 Å². The molecule has 0 aliphatic carbocycles. The Morgan fingerprint density at radius 3 is 2.88 bits per heavy atom. The molecule has 1 aromatic heterocycles. The smallest absolute Gasteiger partial charge is 0.320 e. The summed E-state index contributed by atoms with van der Waals surface area (Å²) in [6.45, 7) is 3.90. The molecule has 0 aliphatic heterocycles. The van der Waals surface area contributed by atoms with Crippen molar-refractivity contribution in [1.29, 1.82) is 0 Å². The van der Waals surface area contributed by atoms with Gasteiger partial charge in [0.1, 0.15) is 11.8 Å². The van der Waals surface area contributed by atoms with Gasteiger partial charge in [-0.05, 0) is 24.3 Å². The van der Waals surface area contributed by atoms with E-state index in [0.29, 0.717) is 6.42 Å². The van der Waals surface area contributed by atoms with Crippen molar-refractivity contribution in [3.8, 4) is 0 Å². The standard InChI is InChI=1S/C12H19NO3S/c1-9(2)13-11(12(14)15)5-7-17-8-10-4-3-6-16-10/h3-4,6,9,11,13H,5,7-8H2,1-2H3,(H,14,15). The number of thioether (sulfide) groups is 1. The number of carboxylic acid groups (broad SMARTS) is 1. The van der Waals surface area contributed by atoms with Gasteiger partial charge in [0.15, 0.2) is 0 Å². The van der Waals surface area contributed by atoms with Crippen LogP contribution in [0.5, 0.6) is 0 Å². The minimum absolute atomic E-state index is 0.186. The van der Waals surface area contributed by atoms with E-state index in [1.165, 1.54) is 0 Å². The predicted octanol–water partition coefficient (Wildman–Crippen LogP) is 2.35. The molecule has 2 N–H and O–H groups in total. The van der Waals surface area contributed by atoms with Gasteiger partial charge in [-0.15, -0.1) is 0 Å². The first kappa shape index (κ1) is 14.1. The van der Waals surface area contributed by atoms with Crippen LogP contribution in [0.1, 0.15) is 26.0 Å². The molecule has 1 unspecified atom stereocenters. The lowest BCUT2D eigenvalue weighted by Gasteiger charge is -2.16. The third-order valence-corrected chi connectivity index (χ3v) is 3.22. The Morgan fingerprint density at radius 2 is 2.35 bits per heavy atom. The average molecular weight is 257 g/mol. The summed E-state index contributed by atoms with van der Waals surface area (Å²) in [6, 6.07) is 3.51. The summed E-state index contributed by atoms with van der Waals surface area (Å²) in [4.78, 5) is 11.0. The number of carbonyl (C=O) groups is 1. The van der Waals surface area contributed by atoms with Crippen molar-refractivity contribution in [2.45, 2.75) is 38.1 Å². The number of furan rings is 1. The van der Waals surface area contributed by atoms with Crippen molar-refractivity contribution in [2.75, 3.05) is 5.75 Å². The Morgan fingerprint density at radius 1 is 1.59 bits per heavy atom. The first-order valence-corrected chi connectivity index (χ1v) is 6.84. The van der Waals surface area contributed by atoms with Crippen molar-refractivity contribution < 1.29 is 14.3 Å². The van der Waals surface area contributed by atoms with Gasteiger partial charge in [0.05, 0.1) is 12.0 Å². The predicted molar refractivity (Wildman–Crippen MR) is 69.2 cm³/mol. The first-order chi connectivity index (χ1) is 8.09. The fourth-order valence-corrected chi connectivity index (χ4v) is 2.36. The van der Waals surface area contributed by atoms with Gasteiger partial charge < -0.3 is 14.8 Å². The molecule has 0 saturated heterocycles. The van der Waals surface area contributed by atoms with E-state index in [4.69, 9.17) is 9.52 Å². The quantitative estimate of drug-likeness (QED) is 0.700. The fourth-order valence-electron chi connectivity index (χ4n) is 1.45. The summed E-state index contributed by atoms with van der Waals surface area (Å²) in [6.07, 6.45) is 2.27. The minimum Gasteiger partial charge on any atom is -0.480 e. The third-order valence-electron chi connectivity index (χ3n) is 2.21. The van der Waals surface area contributed by atoms with Crippen LogP contribution in [0, 0.1) is 0 Å². The second-order valence-corrected chi connectivity index (χ2v) is 5.24. The molecule has 0 amide bonds. The van der Waals surface area contributed by atoms with Gasteiger partial charge in [-0.1, -0.05) is 13.8 Å². The zero-order valence-corrected chi connectivity index (χ0v) is 11.0. The molecule has 4 nitrogen and oxygen atoms in total. The summed E-state index contributed by atoms with van der Waals surface area (Å²) in [7, 11) is 0. The lowest BCUT2D eigenvalue weighted by atomic mass is 10.2. The Hall–Kier alpha value is -0.940. The van der Waals surface area contributed by atoms with E-state index in [1.807, 2.05) is 26.0 Å². The molecular weight excluding hydrogens is 238 g/mol. The molecule has 0 aromatic carbocycles. The Bertz CT molecular complexity index is 325. The molecule has 1 atom stereocenters. The van der Waals surface area contributed by atoms with Crippen LogP contribution >= 0.6 is 11.8 Å². The van der Waals surface area contributed by atoms with E-state index in [9.17, 15) is 4.79 Å². The van der Waals surface area contributed by atoms with Crippen LogP contribution < -0.4 is 5.32 Å². The monoisotopic (exact) mass is 257 g/mol. The van der Waals surface area contributed by atoms with E-state index in [2.05, 4.69) is 5.32 Å². The molecule has 1 heterocycles. The van der Waals surface area contributed by atoms with E-state index < -0.39 is 12.0 Å². The number of hydrogen-bond donors (Lipinski definition) is 2. The molecule has 0 bridgehead atoms. The topological polar surface area (TPSA) is 62.5 Å². The van der Waals surface area contributed by atoms with E-state index in [0.717, 1.165) is 17.3 Å². The van der Waals surface area contributed by atoms with Crippen molar-refractivity contribution in [3.63, 3.8) is 0 Å². The molecule has 96 valence electrons. The molecule has 17 heavy (non-hydrogen) atoms. The molecule has 1 aromatic rings. The molecule has 0 radical (unpaired) electrons. The Balaban J connectivity index is 2.20. The maximum atomic E-state index is 11.0. The largest absolute Gasteiger partial charge is 0.480 e.